The highest BCUT2D eigenvalue weighted by Gasteiger charge is 2.28. The number of aromatic nitrogens is 3. The molecule has 1 aromatic carbocycles. The van der Waals surface area contributed by atoms with Gasteiger partial charge in [0.15, 0.2) is 0 Å². The summed E-state index contributed by atoms with van der Waals surface area (Å²) in [5, 5.41) is 9.71. The number of benzene rings is 1. The van der Waals surface area contributed by atoms with Gasteiger partial charge in [0.05, 0.1) is 36.2 Å². The minimum atomic E-state index is -1.30. The second-order valence-electron chi connectivity index (χ2n) is 8.93. The minimum Gasteiger partial charge on any atom is -0.496 e. The fourth-order valence-electron chi connectivity index (χ4n) is 4.73. The highest BCUT2D eigenvalue weighted by Crippen LogP contribution is 2.37. The number of carboxylic acids is 1. The van der Waals surface area contributed by atoms with Gasteiger partial charge in [0, 0.05) is 18.8 Å². The number of oxazole rings is 1. The van der Waals surface area contributed by atoms with Gasteiger partial charge in [-0.3, -0.25) is 14.2 Å². The van der Waals surface area contributed by atoms with Crippen LogP contribution in [0, 0.1) is 6.92 Å². The van der Waals surface area contributed by atoms with Crippen LogP contribution in [0.5, 0.6) is 5.75 Å². The third kappa shape index (κ3) is 4.89. The molecule has 1 atom stereocenters. The van der Waals surface area contributed by atoms with E-state index in [0.29, 0.717) is 53.0 Å². The first kappa shape index (κ1) is 25.9. The summed E-state index contributed by atoms with van der Waals surface area (Å²) in [4.78, 5) is 43.9. The number of aliphatic carboxylic acids is 1. The van der Waals surface area contributed by atoms with Crippen molar-refractivity contribution in [2.75, 3.05) is 20.3 Å². The Morgan fingerprint density at radius 1 is 1.24 bits per heavy atom. The summed E-state index contributed by atoms with van der Waals surface area (Å²) in [6.07, 6.45) is 3.58. The van der Waals surface area contributed by atoms with Gasteiger partial charge in [0.25, 0.3) is 5.56 Å². The number of aryl methyl sites for hydroxylation is 1. The summed E-state index contributed by atoms with van der Waals surface area (Å²) in [5.41, 5.74) is -0.113. The van der Waals surface area contributed by atoms with E-state index in [4.69, 9.17) is 18.6 Å². The highest BCUT2D eigenvalue weighted by molar-refractivity contribution is 7.22. The number of carbonyl (C=O) groups is 1. The van der Waals surface area contributed by atoms with Crippen molar-refractivity contribution in [3.8, 4) is 16.5 Å². The molecular weight excluding hydrogens is 514 g/mol. The van der Waals surface area contributed by atoms with Crippen molar-refractivity contribution in [2.24, 2.45) is 0 Å². The van der Waals surface area contributed by atoms with Gasteiger partial charge in [-0.2, -0.15) is 0 Å². The first-order chi connectivity index (χ1) is 18.4. The lowest BCUT2D eigenvalue weighted by Gasteiger charge is -2.29. The second kappa shape index (κ2) is 10.9. The molecule has 0 amide bonds. The first-order valence-electron chi connectivity index (χ1n) is 12.1. The van der Waals surface area contributed by atoms with E-state index < -0.39 is 29.9 Å². The lowest BCUT2D eigenvalue weighted by atomic mass is 10.1. The largest absolute Gasteiger partial charge is 0.496 e. The average molecular weight is 542 g/mol. The van der Waals surface area contributed by atoms with E-state index in [-0.39, 0.29) is 18.0 Å². The predicted octanol–water partition coefficient (Wildman–Crippen LogP) is 3.22. The molecule has 4 heterocycles. The minimum absolute atomic E-state index is 0.0257. The Kier molecular flexibility index (Phi) is 7.45. The topological polar surface area (TPSA) is 135 Å². The number of fused-ring (bicyclic) bond motifs is 1. The third-order valence-electron chi connectivity index (χ3n) is 6.57. The monoisotopic (exact) mass is 541 g/mol. The van der Waals surface area contributed by atoms with Gasteiger partial charge in [-0.15, -0.1) is 11.3 Å². The Hall–Kier alpha value is -3.74. The van der Waals surface area contributed by atoms with Gasteiger partial charge < -0.3 is 23.7 Å². The zero-order chi connectivity index (χ0) is 26.8. The van der Waals surface area contributed by atoms with Crippen LogP contribution in [0.2, 0.25) is 0 Å². The average Bonchev–Trinajstić information content (AvgIpc) is 3.57. The van der Waals surface area contributed by atoms with E-state index >= 15 is 0 Å². The number of nitrogens with zero attached hydrogens (tertiary/aromatic N) is 3. The van der Waals surface area contributed by atoms with E-state index in [2.05, 4.69) is 4.98 Å². The molecule has 0 spiro atoms. The van der Waals surface area contributed by atoms with Crippen molar-refractivity contribution in [3.05, 3.63) is 68.7 Å². The molecule has 0 unspecified atom stereocenters. The summed E-state index contributed by atoms with van der Waals surface area (Å²) in [6, 6.07) is 7.39. The standard InChI is InChI=1S/C26H27N3O8S/c1-15-21-24(32)28(14-20(30)31)26(33)29(25(21)38-22(15)23-27-9-12-36-23)13-19(37-16-7-10-35-11-8-16)17-5-3-4-6-18(17)34-2/h3-6,9,12,16,19H,7-8,10-11,13-14H2,1-2H3,(H,30,31)/t19-/m1/s1. The number of hydrogen-bond acceptors (Lipinski definition) is 9. The molecule has 38 heavy (non-hydrogen) atoms. The van der Waals surface area contributed by atoms with Crippen molar-refractivity contribution >= 4 is 27.5 Å². The van der Waals surface area contributed by atoms with Crippen LogP contribution in [0.1, 0.15) is 30.1 Å². The maximum absolute atomic E-state index is 13.7. The smallest absolute Gasteiger partial charge is 0.332 e. The van der Waals surface area contributed by atoms with E-state index in [9.17, 15) is 19.5 Å². The van der Waals surface area contributed by atoms with Gasteiger partial charge in [0.1, 0.15) is 29.5 Å². The summed E-state index contributed by atoms with van der Waals surface area (Å²) >= 11 is 1.20. The van der Waals surface area contributed by atoms with E-state index in [0.717, 1.165) is 10.1 Å². The normalized spacial score (nSPS) is 15.1. The van der Waals surface area contributed by atoms with Crippen LogP contribution in [-0.2, 0) is 27.4 Å². The first-order valence-corrected chi connectivity index (χ1v) is 12.9. The molecule has 4 aromatic rings. The van der Waals surface area contributed by atoms with Crippen molar-refractivity contribution in [2.45, 2.75) is 45.1 Å². The molecule has 1 N–H and O–H groups in total. The quantitative estimate of drug-likeness (QED) is 0.339. The fourth-order valence-corrected chi connectivity index (χ4v) is 5.97. The molecule has 1 fully saturated rings. The Balaban J connectivity index is 1.70. The molecule has 11 nitrogen and oxygen atoms in total. The van der Waals surface area contributed by atoms with Crippen LogP contribution in [0.15, 0.2) is 50.7 Å². The number of methoxy groups -OCH3 is 1. The molecule has 1 aliphatic rings. The van der Waals surface area contributed by atoms with Crippen LogP contribution in [0.3, 0.4) is 0 Å². The van der Waals surface area contributed by atoms with Gasteiger partial charge in [0.2, 0.25) is 5.89 Å². The number of ether oxygens (including phenoxy) is 3. The zero-order valence-corrected chi connectivity index (χ0v) is 21.7. The third-order valence-corrected chi connectivity index (χ3v) is 7.88. The Morgan fingerprint density at radius 3 is 2.68 bits per heavy atom. The maximum Gasteiger partial charge on any atom is 0.332 e. The lowest BCUT2D eigenvalue weighted by molar-refractivity contribution is -0.137. The molecular formula is C26H27N3O8S. The zero-order valence-electron chi connectivity index (χ0n) is 20.9. The van der Waals surface area contributed by atoms with Gasteiger partial charge in [-0.25, -0.2) is 14.3 Å². The summed E-state index contributed by atoms with van der Waals surface area (Å²) in [6.45, 7) is 2.13. The van der Waals surface area contributed by atoms with Crippen molar-refractivity contribution in [1.29, 1.82) is 0 Å². The van der Waals surface area contributed by atoms with Crippen LogP contribution >= 0.6 is 11.3 Å². The number of hydrogen-bond donors (Lipinski definition) is 1. The molecule has 12 heteroatoms. The van der Waals surface area contributed by atoms with Crippen LogP contribution in [0.25, 0.3) is 21.0 Å². The van der Waals surface area contributed by atoms with Gasteiger partial charge >= 0.3 is 11.7 Å². The molecule has 3 aromatic heterocycles. The highest BCUT2D eigenvalue weighted by atomic mass is 32.1. The lowest BCUT2D eigenvalue weighted by Crippen LogP contribution is -2.42. The number of rotatable bonds is 9. The molecule has 0 saturated carbocycles. The molecule has 0 aliphatic carbocycles. The maximum atomic E-state index is 13.7. The number of thiophene rings is 1. The number of para-hydroxylation sites is 1. The summed E-state index contributed by atoms with van der Waals surface area (Å²) in [5.74, 6) is -0.391. The van der Waals surface area contributed by atoms with Crippen molar-refractivity contribution in [1.82, 2.24) is 14.1 Å². The Morgan fingerprint density at radius 2 is 2.00 bits per heavy atom. The number of carboxylic acid groups (broad SMARTS) is 1. The predicted molar refractivity (Wildman–Crippen MR) is 139 cm³/mol. The Labute approximate surface area is 220 Å². The van der Waals surface area contributed by atoms with Crippen LogP contribution in [-0.4, -0.2) is 51.6 Å². The van der Waals surface area contributed by atoms with E-state index in [1.807, 2.05) is 24.3 Å². The fraction of sp³-hybridized carbons (Fsp3) is 0.385. The van der Waals surface area contributed by atoms with Gasteiger partial charge in [-0.05, 0) is 31.4 Å². The van der Waals surface area contributed by atoms with Crippen LogP contribution in [0.4, 0.5) is 0 Å². The second-order valence-corrected chi connectivity index (χ2v) is 9.93. The molecule has 1 saturated heterocycles. The van der Waals surface area contributed by atoms with E-state index in [1.165, 1.54) is 28.4 Å². The van der Waals surface area contributed by atoms with Crippen molar-refractivity contribution in [3.63, 3.8) is 0 Å². The molecule has 0 bridgehead atoms. The molecule has 1 aliphatic heterocycles. The SMILES string of the molecule is COc1ccccc1[C@@H](Cn1c(=O)n(CC(=O)O)c(=O)c2c(C)c(-c3ncco3)sc21)OC1CCOCC1. The molecule has 5 rings (SSSR count). The van der Waals surface area contributed by atoms with Gasteiger partial charge in [-0.1, -0.05) is 18.2 Å². The summed E-state index contributed by atoms with van der Waals surface area (Å²) in [7, 11) is 1.56. The summed E-state index contributed by atoms with van der Waals surface area (Å²) < 4.78 is 25.2. The van der Waals surface area contributed by atoms with Crippen molar-refractivity contribution < 1.29 is 28.5 Å². The van der Waals surface area contributed by atoms with E-state index in [1.54, 1.807) is 14.0 Å². The Bertz CT molecular complexity index is 1560. The molecule has 200 valence electrons. The van der Waals surface area contributed by atoms with Crippen LogP contribution < -0.4 is 16.0 Å². The molecule has 0 radical (unpaired) electrons.